The Balaban J connectivity index is 2.33. The first kappa shape index (κ1) is 18.4. The van der Waals surface area contributed by atoms with Gasteiger partial charge in [0.25, 0.3) is 0 Å². The molecule has 0 aromatic heterocycles. The highest BCUT2D eigenvalue weighted by atomic mass is 16.4. The molecule has 2 heterocycles. The number of likely N-dealkylation sites (N-methyl/N-ethyl adjacent to an activating group) is 1. The molecular formula is C17H25N3O4. The number of aliphatic hydroxyl groups is 1. The molecule has 1 saturated heterocycles. The van der Waals surface area contributed by atoms with Crippen LogP contribution in [0.2, 0.25) is 0 Å². The lowest BCUT2D eigenvalue weighted by Crippen LogP contribution is -2.49. The van der Waals surface area contributed by atoms with Crippen molar-refractivity contribution in [3.63, 3.8) is 0 Å². The number of nitriles is 1. The Labute approximate surface area is 142 Å². The number of carbonyl (C=O) groups excluding carboxylic acids is 1. The molecule has 0 aliphatic carbocycles. The van der Waals surface area contributed by atoms with Crippen LogP contribution in [0.3, 0.4) is 0 Å². The Morgan fingerprint density at radius 3 is 2.71 bits per heavy atom. The van der Waals surface area contributed by atoms with Gasteiger partial charge in [0, 0.05) is 31.5 Å². The number of carbonyl (C=O) groups is 2. The standard InChI is InChI=1S/C17H25N3O4/c1-10-13(9-19(3)8-4-7-18)15(17(23)24)20-14(10)6-5-12(11(2)21)16(20)22/h10-12,14,21H,4-6,8-9H2,1-3H3,(H,23,24)/t10-,11+,12+,14-/m0/s1. The van der Waals surface area contributed by atoms with E-state index in [1.165, 1.54) is 4.90 Å². The summed E-state index contributed by atoms with van der Waals surface area (Å²) in [5.74, 6) is -1.98. The van der Waals surface area contributed by atoms with Crippen molar-refractivity contribution in [2.45, 2.75) is 45.3 Å². The third kappa shape index (κ3) is 3.30. The van der Waals surface area contributed by atoms with E-state index in [0.29, 0.717) is 32.4 Å². The van der Waals surface area contributed by atoms with Crippen molar-refractivity contribution in [1.29, 1.82) is 5.26 Å². The van der Waals surface area contributed by atoms with Crippen LogP contribution in [0, 0.1) is 23.2 Å². The van der Waals surface area contributed by atoms with Gasteiger partial charge in [-0.2, -0.15) is 5.26 Å². The van der Waals surface area contributed by atoms with E-state index in [9.17, 15) is 19.8 Å². The second-order valence-electron chi connectivity index (χ2n) is 6.81. The highest BCUT2D eigenvalue weighted by Gasteiger charge is 2.49. The van der Waals surface area contributed by atoms with Gasteiger partial charge >= 0.3 is 5.97 Å². The number of fused-ring (bicyclic) bond motifs is 1. The highest BCUT2D eigenvalue weighted by Crippen LogP contribution is 2.42. The van der Waals surface area contributed by atoms with E-state index in [1.54, 1.807) is 6.92 Å². The molecule has 0 aromatic rings. The van der Waals surface area contributed by atoms with E-state index in [-0.39, 0.29) is 23.6 Å². The van der Waals surface area contributed by atoms with Gasteiger partial charge in [-0.3, -0.25) is 4.79 Å². The van der Waals surface area contributed by atoms with E-state index in [1.807, 2.05) is 18.9 Å². The Kier molecular flexibility index (Phi) is 5.62. The van der Waals surface area contributed by atoms with E-state index in [2.05, 4.69) is 6.07 Å². The third-order valence-corrected chi connectivity index (χ3v) is 5.16. The number of carboxylic acid groups (broad SMARTS) is 1. The maximum atomic E-state index is 12.7. The van der Waals surface area contributed by atoms with Gasteiger partial charge in [0.1, 0.15) is 5.70 Å². The highest BCUT2D eigenvalue weighted by molar-refractivity contribution is 5.96. The van der Waals surface area contributed by atoms with Crippen molar-refractivity contribution in [3.8, 4) is 6.07 Å². The van der Waals surface area contributed by atoms with Crippen LogP contribution in [0.5, 0.6) is 0 Å². The van der Waals surface area contributed by atoms with Gasteiger partial charge in [-0.05, 0) is 32.4 Å². The van der Waals surface area contributed by atoms with Crippen molar-refractivity contribution in [2.75, 3.05) is 20.1 Å². The number of aliphatic hydroxyl groups excluding tert-OH is 1. The lowest BCUT2D eigenvalue weighted by molar-refractivity contribution is -0.148. The van der Waals surface area contributed by atoms with Gasteiger partial charge in [-0.25, -0.2) is 4.79 Å². The SMILES string of the molecule is C[C@@H](O)[C@H]1CC[C@H]2[C@@H](C)C(CN(C)CCC#N)=C(C(=O)O)N2C1=O. The minimum absolute atomic E-state index is 0.0421. The lowest BCUT2D eigenvalue weighted by atomic mass is 9.84. The fourth-order valence-corrected chi connectivity index (χ4v) is 3.81. The summed E-state index contributed by atoms with van der Waals surface area (Å²) in [6.07, 6.45) is 0.847. The molecular weight excluding hydrogens is 310 g/mol. The number of rotatable bonds is 6. The zero-order valence-corrected chi connectivity index (χ0v) is 14.4. The smallest absolute Gasteiger partial charge is 0.352 e. The number of hydrogen-bond acceptors (Lipinski definition) is 5. The number of aliphatic carboxylic acids is 1. The molecule has 0 radical (unpaired) electrons. The summed E-state index contributed by atoms with van der Waals surface area (Å²) < 4.78 is 0. The first-order valence-corrected chi connectivity index (χ1v) is 8.32. The predicted octanol–water partition coefficient (Wildman–Crippen LogP) is 0.808. The van der Waals surface area contributed by atoms with Gasteiger partial charge < -0.3 is 20.0 Å². The number of amides is 1. The Morgan fingerprint density at radius 1 is 1.50 bits per heavy atom. The largest absolute Gasteiger partial charge is 0.477 e. The minimum atomic E-state index is -1.10. The number of nitrogens with zero attached hydrogens (tertiary/aromatic N) is 3. The third-order valence-electron chi connectivity index (χ3n) is 5.16. The van der Waals surface area contributed by atoms with Gasteiger partial charge in [0.15, 0.2) is 0 Å². The number of hydrogen-bond donors (Lipinski definition) is 2. The van der Waals surface area contributed by atoms with Gasteiger partial charge in [-0.15, -0.1) is 0 Å². The first-order valence-electron chi connectivity index (χ1n) is 8.32. The lowest BCUT2D eigenvalue weighted by Gasteiger charge is -2.38. The maximum absolute atomic E-state index is 12.7. The van der Waals surface area contributed by atoms with Crippen molar-refractivity contribution >= 4 is 11.9 Å². The normalized spacial score (nSPS) is 28.1. The van der Waals surface area contributed by atoms with E-state index in [4.69, 9.17) is 5.26 Å². The molecule has 2 rings (SSSR count). The maximum Gasteiger partial charge on any atom is 0.352 e. The van der Waals surface area contributed by atoms with Crippen LogP contribution in [0.25, 0.3) is 0 Å². The molecule has 0 aromatic carbocycles. The molecule has 7 nitrogen and oxygen atoms in total. The van der Waals surface area contributed by atoms with E-state index < -0.39 is 18.0 Å². The molecule has 0 bridgehead atoms. The fraction of sp³-hybridized carbons (Fsp3) is 0.706. The fourth-order valence-electron chi connectivity index (χ4n) is 3.81. The summed E-state index contributed by atoms with van der Waals surface area (Å²) in [6, 6.07) is 1.92. The Hall–Kier alpha value is -1.91. The minimum Gasteiger partial charge on any atom is -0.477 e. The molecule has 1 amide bonds. The molecule has 0 saturated carbocycles. The number of piperidine rings is 1. The molecule has 2 aliphatic rings. The average Bonchev–Trinajstić information content (AvgIpc) is 2.79. The zero-order valence-electron chi connectivity index (χ0n) is 14.4. The summed E-state index contributed by atoms with van der Waals surface area (Å²) in [5, 5.41) is 28.2. The van der Waals surface area contributed by atoms with Crippen LogP contribution in [0.1, 0.15) is 33.1 Å². The molecule has 0 spiro atoms. The summed E-state index contributed by atoms with van der Waals surface area (Å²) in [5.41, 5.74) is 0.791. The second-order valence-corrected chi connectivity index (χ2v) is 6.81. The molecule has 4 atom stereocenters. The van der Waals surface area contributed by atoms with Crippen LogP contribution < -0.4 is 0 Å². The summed E-state index contributed by atoms with van der Waals surface area (Å²) in [7, 11) is 1.84. The second kappa shape index (κ2) is 7.32. The molecule has 7 heteroatoms. The van der Waals surface area contributed by atoms with Crippen LogP contribution in [0.15, 0.2) is 11.3 Å². The molecule has 0 unspecified atom stereocenters. The van der Waals surface area contributed by atoms with Gasteiger partial charge in [0.2, 0.25) is 5.91 Å². The van der Waals surface area contributed by atoms with E-state index >= 15 is 0 Å². The van der Waals surface area contributed by atoms with Crippen LogP contribution in [-0.2, 0) is 9.59 Å². The molecule has 24 heavy (non-hydrogen) atoms. The van der Waals surface area contributed by atoms with Gasteiger partial charge in [-0.1, -0.05) is 6.92 Å². The summed E-state index contributed by atoms with van der Waals surface area (Å²) >= 11 is 0. The Morgan fingerprint density at radius 2 is 2.17 bits per heavy atom. The van der Waals surface area contributed by atoms with Crippen LogP contribution in [0.4, 0.5) is 0 Å². The average molecular weight is 335 g/mol. The van der Waals surface area contributed by atoms with Crippen molar-refractivity contribution in [2.24, 2.45) is 11.8 Å². The van der Waals surface area contributed by atoms with Crippen molar-refractivity contribution < 1.29 is 19.8 Å². The van der Waals surface area contributed by atoms with E-state index in [0.717, 1.165) is 5.57 Å². The quantitative estimate of drug-likeness (QED) is 0.744. The van der Waals surface area contributed by atoms with Crippen molar-refractivity contribution in [3.05, 3.63) is 11.3 Å². The molecule has 2 aliphatic heterocycles. The topological polar surface area (TPSA) is 105 Å². The van der Waals surface area contributed by atoms with Crippen LogP contribution in [-0.4, -0.2) is 64.2 Å². The number of carboxylic acids is 1. The molecule has 2 N–H and O–H groups in total. The summed E-state index contributed by atoms with van der Waals surface area (Å²) in [6.45, 7) is 4.50. The Bertz CT molecular complexity index is 593. The predicted molar refractivity (Wildman–Crippen MR) is 86.6 cm³/mol. The van der Waals surface area contributed by atoms with Crippen LogP contribution >= 0.6 is 0 Å². The molecule has 132 valence electrons. The first-order chi connectivity index (χ1) is 11.3. The molecule has 1 fully saturated rings. The monoisotopic (exact) mass is 335 g/mol. The summed E-state index contributed by atoms with van der Waals surface area (Å²) in [4.78, 5) is 27.9. The van der Waals surface area contributed by atoms with Crippen molar-refractivity contribution in [1.82, 2.24) is 9.80 Å². The van der Waals surface area contributed by atoms with Gasteiger partial charge in [0.05, 0.1) is 18.1 Å². The zero-order chi connectivity index (χ0) is 18.0.